The molecule has 2 atom stereocenters. The van der Waals surface area contributed by atoms with Gasteiger partial charge in [-0.25, -0.2) is 4.68 Å². The maximum Gasteiger partial charge on any atom is 0.100 e. The molecule has 0 saturated carbocycles. The Kier molecular flexibility index (Phi) is 4.31. The largest absolute Gasteiger partial charge is 0.394 e. The van der Waals surface area contributed by atoms with Gasteiger partial charge < -0.3 is 9.84 Å². The second kappa shape index (κ2) is 5.29. The normalized spacial score (nSPS) is 15.4. The van der Waals surface area contributed by atoms with Gasteiger partial charge in [-0.1, -0.05) is 5.21 Å². The van der Waals surface area contributed by atoms with E-state index in [9.17, 15) is 0 Å². The molecule has 5 nitrogen and oxygen atoms in total. The van der Waals surface area contributed by atoms with Gasteiger partial charge in [-0.15, -0.1) is 16.7 Å². The summed E-state index contributed by atoms with van der Waals surface area (Å²) in [7, 11) is 1.58. The predicted octanol–water partition coefficient (Wildman–Crippen LogP) is 0.758. The van der Waals surface area contributed by atoms with E-state index in [1.807, 2.05) is 6.92 Å². The highest BCUT2D eigenvalue weighted by Crippen LogP contribution is 2.21. The van der Waals surface area contributed by atoms with E-state index in [4.69, 9.17) is 21.4 Å². The lowest BCUT2D eigenvalue weighted by Gasteiger charge is -2.14. The molecule has 1 rings (SSSR count). The lowest BCUT2D eigenvalue weighted by molar-refractivity contribution is 0.190. The average molecular weight is 220 g/mol. The van der Waals surface area contributed by atoms with Crippen molar-refractivity contribution in [3.05, 3.63) is 11.9 Å². The molecule has 80 valence electrons. The van der Waals surface area contributed by atoms with Crippen molar-refractivity contribution in [3.63, 3.8) is 0 Å². The zero-order valence-electron chi connectivity index (χ0n) is 8.22. The van der Waals surface area contributed by atoms with Crippen molar-refractivity contribution < 1.29 is 9.84 Å². The summed E-state index contributed by atoms with van der Waals surface area (Å²) < 4.78 is 6.54. The molecule has 0 radical (unpaired) electrons. The minimum Gasteiger partial charge on any atom is -0.394 e. The molecule has 0 saturated heterocycles. The summed E-state index contributed by atoms with van der Waals surface area (Å²) in [4.78, 5) is 0. The molecule has 6 heteroatoms. The van der Waals surface area contributed by atoms with E-state index in [1.54, 1.807) is 18.0 Å². The highest BCUT2D eigenvalue weighted by Gasteiger charge is 2.17. The third-order valence-corrected chi connectivity index (χ3v) is 2.27. The van der Waals surface area contributed by atoms with Crippen molar-refractivity contribution in [3.8, 4) is 0 Å². The molecule has 1 aromatic heterocycles. The number of hydrogen-bond acceptors (Lipinski definition) is 4. The van der Waals surface area contributed by atoms with Crippen LogP contribution in [0, 0.1) is 0 Å². The van der Waals surface area contributed by atoms with Crippen molar-refractivity contribution >= 4 is 11.6 Å². The van der Waals surface area contributed by atoms with Crippen LogP contribution in [0.25, 0.3) is 0 Å². The van der Waals surface area contributed by atoms with Gasteiger partial charge >= 0.3 is 0 Å². The van der Waals surface area contributed by atoms with Crippen LogP contribution in [0.4, 0.5) is 0 Å². The first-order valence-electron chi connectivity index (χ1n) is 4.34. The fourth-order valence-electron chi connectivity index (χ4n) is 1.13. The van der Waals surface area contributed by atoms with E-state index in [-0.39, 0.29) is 18.0 Å². The molecule has 14 heavy (non-hydrogen) atoms. The van der Waals surface area contributed by atoms with Crippen LogP contribution in [0.3, 0.4) is 0 Å². The summed E-state index contributed by atoms with van der Waals surface area (Å²) in [6, 6.07) is -0.120. The second-order valence-corrected chi connectivity index (χ2v) is 3.58. The fourth-order valence-corrected chi connectivity index (χ4v) is 1.41. The number of hydrogen-bond donors (Lipinski definition) is 1. The summed E-state index contributed by atoms with van der Waals surface area (Å²) in [5.41, 5.74) is 0.759. The average Bonchev–Trinajstić information content (AvgIpc) is 2.65. The van der Waals surface area contributed by atoms with E-state index in [0.717, 1.165) is 5.69 Å². The van der Waals surface area contributed by atoms with Gasteiger partial charge in [0.2, 0.25) is 0 Å². The summed E-state index contributed by atoms with van der Waals surface area (Å²) >= 11 is 6.05. The van der Waals surface area contributed by atoms with Gasteiger partial charge in [0, 0.05) is 7.11 Å². The van der Waals surface area contributed by atoms with Gasteiger partial charge in [0.25, 0.3) is 0 Å². The molecular weight excluding hydrogens is 206 g/mol. The lowest BCUT2D eigenvalue weighted by Crippen LogP contribution is -2.16. The number of ether oxygens (including phenoxy) is 1. The molecule has 0 aromatic carbocycles. The number of alkyl halides is 1. The van der Waals surface area contributed by atoms with Gasteiger partial charge in [-0.05, 0) is 6.92 Å². The van der Waals surface area contributed by atoms with Crippen LogP contribution in [0.15, 0.2) is 6.20 Å². The molecule has 0 aliphatic heterocycles. The van der Waals surface area contributed by atoms with Gasteiger partial charge in [0.1, 0.15) is 5.38 Å². The molecule has 0 amide bonds. The molecule has 1 heterocycles. The summed E-state index contributed by atoms with van der Waals surface area (Å²) in [6.07, 6.45) is 1.59. The lowest BCUT2D eigenvalue weighted by atomic mass is 10.3. The maximum absolute atomic E-state index is 8.98. The van der Waals surface area contributed by atoms with Gasteiger partial charge in [0.05, 0.1) is 31.1 Å². The van der Waals surface area contributed by atoms with Crippen molar-refractivity contribution in [1.82, 2.24) is 15.0 Å². The fraction of sp³-hybridized carbons (Fsp3) is 0.750. The summed E-state index contributed by atoms with van der Waals surface area (Å²) in [5.74, 6) is 0. The Balaban J connectivity index is 2.81. The van der Waals surface area contributed by atoms with Crippen LogP contribution in [0.2, 0.25) is 0 Å². The monoisotopic (exact) mass is 219 g/mol. The smallest absolute Gasteiger partial charge is 0.100 e. The third kappa shape index (κ3) is 2.43. The maximum atomic E-state index is 8.98. The molecule has 0 aliphatic carbocycles. The first-order chi connectivity index (χ1) is 6.70. The third-order valence-electron chi connectivity index (χ3n) is 1.92. The zero-order valence-corrected chi connectivity index (χ0v) is 8.98. The molecule has 0 aliphatic rings. The van der Waals surface area contributed by atoms with Crippen LogP contribution in [0.1, 0.15) is 24.0 Å². The van der Waals surface area contributed by atoms with Crippen molar-refractivity contribution in [2.24, 2.45) is 0 Å². The molecule has 0 spiro atoms. The second-order valence-electron chi connectivity index (χ2n) is 3.06. The first-order valence-corrected chi connectivity index (χ1v) is 4.78. The van der Waals surface area contributed by atoms with Crippen molar-refractivity contribution in [2.75, 3.05) is 20.3 Å². The number of aliphatic hydroxyl groups is 1. The van der Waals surface area contributed by atoms with E-state index >= 15 is 0 Å². The molecular formula is C8H14ClN3O2. The minimum atomic E-state index is -0.288. The molecule has 2 unspecified atom stereocenters. The zero-order chi connectivity index (χ0) is 10.6. The number of aliphatic hydroxyl groups excluding tert-OH is 1. The molecule has 1 N–H and O–H groups in total. The Morgan fingerprint density at radius 3 is 3.00 bits per heavy atom. The highest BCUT2D eigenvalue weighted by molar-refractivity contribution is 6.20. The van der Waals surface area contributed by atoms with Gasteiger partial charge in [-0.3, -0.25) is 0 Å². The van der Waals surface area contributed by atoms with Gasteiger partial charge in [-0.2, -0.15) is 0 Å². The number of halogens is 1. The summed E-state index contributed by atoms with van der Waals surface area (Å²) in [5, 5.41) is 16.3. The van der Waals surface area contributed by atoms with E-state index in [0.29, 0.717) is 6.61 Å². The number of rotatable bonds is 5. The molecule has 1 aromatic rings. The van der Waals surface area contributed by atoms with Crippen LogP contribution in [-0.4, -0.2) is 40.4 Å². The van der Waals surface area contributed by atoms with E-state index in [2.05, 4.69) is 10.3 Å². The standard InChI is InChI=1S/C8H14ClN3O2/c1-6(4-13)12-8(3-10-11-12)7(9)5-14-2/h3,6-7,13H,4-5H2,1-2H3. The Morgan fingerprint density at radius 1 is 1.71 bits per heavy atom. The highest BCUT2D eigenvalue weighted by atomic mass is 35.5. The Hall–Kier alpha value is -0.650. The van der Waals surface area contributed by atoms with E-state index in [1.165, 1.54) is 0 Å². The van der Waals surface area contributed by atoms with Crippen molar-refractivity contribution in [2.45, 2.75) is 18.3 Å². The summed E-state index contributed by atoms with van der Waals surface area (Å²) in [6.45, 7) is 2.24. The SMILES string of the molecule is COCC(Cl)c1cnnn1C(C)CO. The predicted molar refractivity (Wildman–Crippen MR) is 52.3 cm³/mol. The topological polar surface area (TPSA) is 60.2 Å². The Labute approximate surface area is 87.6 Å². The molecule has 0 fully saturated rings. The number of nitrogens with zero attached hydrogens (tertiary/aromatic N) is 3. The molecule has 0 bridgehead atoms. The van der Waals surface area contributed by atoms with E-state index < -0.39 is 0 Å². The number of aromatic nitrogens is 3. The quantitative estimate of drug-likeness (QED) is 0.743. The first kappa shape index (κ1) is 11.4. The Morgan fingerprint density at radius 2 is 2.43 bits per heavy atom. The van der Waals surface area contributed by atoms with Crippen LogP contribution in [0.5, 0.6) is 0 Å². The minimum absolute atomic E-state index is 0.00690. The van der Waals surface area contributed by atoms with Crippen LogP contribution < -0.4 is 0 Å². The van der Waals surface area contributed by atoms with Crippen molar-refractivity contribution in [1.29, 1.82) is 0 Å². The Bertz CT molecular complexity index is 279. The van der Waals surface area contributed by atoms with Gasteiger partial charge in [0.15, 0.2) is 0 Å². The van der Waals surface area contributed by atoms with Crippen LogP contribution in [-0.2, 0) is 4.74 Å². The number of methoxy groups -OCH3 is 1. The van der Waals surface area contributed by atoms with Crippen LogP contribution >= 0.6 is 11.6 Å².